The number of likely N-dealkylation sites (tertiary alicyclic amines) is 2. The fourth-order valence-electron chi connectivity index (χ4n) is 6.08. The van der Waals surface area contributed by atoms with E-state index in [1.54, 1.807) is 6.20 Å². The second-order valence-electron chi connectivity index (χ2n) is 10.8. The van der Waals surface area contributed by atoms with Gasteiger partial charge in [-0.25, -0.2) is 13.8 Å². The van der Waals surface area contributed by atoms with E-state index < -0.39 is 11.6 Å². The molecule has 4 heterocycles. The first-order chi connectivity index (χ1) is 19.0. The van der Waals surface area contributed by atoms with Crippen LogP contribution in [0.1, 0.15) is 53.7 Å². The van der Waals surface area contributed by atoms with Gasteiger partial charge in [0.1, 0.15) is 11.6 Å². The van der Waals surface area contributed by atoms with Crippen LogP contribution < -0.4 is 4.90 Å². The van der Waals surface area contributed by atoms with Crippen molar-refractivity contribution in [3.8, 4) is 11.3 Å². The predicted molar refractivity (Wildman–Crippen MR) is 148 cm³/mol. The first-order valence-electron chi connectivity index (χ1n) is 13.8. The van der Waals surface area contributed by atoms with Gasteiger partial charge in [0.25, 0.3) is 5.91 Å². The van der Waals surface area contributed by atoms with Crippen molar-refractivity contribution in [3.05, 3.63) is 76.1 Å². The van der Waals surface area contributed by atoms with Gasteiger partial charge in [0.2, 0.25) is 0 Å². The van der Waals surface area contributed by atoms with Gasteiger partial charge < -0.3 is 14.7 Å². The van der Waals surface area contributed by atoms with Gasteiger partial charge in [-0.2, -0.15) is 0 Å². The zero-order valence-corrected chi connectivity index (χ0v) is 22.6. The van der Waals surface area contributed by atoms with Crippen molar-refractivity contribution < 1.29 is 13.6 Å². The zero-order chi connectivity index (χ0) is 26.9. The van der Waals surface area contributed by atoms with Crippen LogP contribution in [0.4, 0.5) is 14.6 Å². The minimum absolute atomic E-state index is 0.0833. The molecule has 3 aliphatic heterocycles. The van der Waals surface area contributed by atoms with Gasteiger partial charge in [0.05, 0.1) is 22.6 Å². The van der Waals surface area contributed by atoms with Crippen LogP contribution in [0.5, 0.6) is 0 Å². The summed E-state index contributed by atoms with van der Waals surface area (Å²) in [6.45, 7) is 4.79. The summed E-state index contributed by atoms with van der Waals surface area (Å²) in [4.78, 5) is 29.3. The van der Waals surface area contributed by atoms with Crippen molar-refractivity contribution >= 4 is 23.3 Å². The number of hydrogen-bond acceptors (Lipinski definition) is 5. The van der Waals surface area contributed by atoms with Gasteiger partial charge in [-0.05, 0) is 75.9 Å². The minimum Gasteiger partial charge on any atom is -0.351 e. The molecule has 2 aromatic carbocycles. The predicted octanol–water partition coefficient (Wildman–Crippen LogP) is 5.73. The number of carbonyl (C=O) groups excluding carboxylic acids is 1. The summed E-state index contributed by atoms with van der Waals surface area (Å²) in [7, 11) is 0. The molecule has 0 N–H and O–H groups in total. The number of halogens is 3. The molecular weight excluding hydrogens is 520 g/mol. The second kappa shape index (κ2) is 11.2. The van der Waals surface area contributed by atoms with E-state index in [2.05, 4.69) is 9.88 Å². The second-order valence-corrected chi connectivity index (χ2v) is 11.1. The monoisotopic (exact) mass is 551 g/mol. The Balaban J connectivity index is 1.20. The summed E-state index contributed by atoms with van der Waals surface area (Å²) in [5.41, 5.74) is 3.12. The van der Waals surface area contributed by atoms with Gasteiger partial charge in [0, 0.05) is 48.9 Å². The number of fused-ring (bicyclic) bond motifs is 1. The molecule has 1 amide bonds. The Bertz CT molecular complexity index is 1360. The van der Waals surface area contributed by atoms with Crippen LogP contribution in [0, 0.1) is 11.6 Å². The number of amides is 1. The van der Waals surface area contributed by atoms with Gasteiger partial charge in [-0.15, -0.1) is 0 Å². The number of hydrogen-bond donors (Lipinski definition) is 0. The van der Waals surface area contributed by atoms with Crippen LogP contribution in [0.3, 0.4) is 0 Å². The zero-order valence-electron chi connectivity index (χ0n) is 21.9. The average Bonchev–Trinajstić information content (AvgIpc) is 3.65. The molecule has 0 unspecified atom stereocenters. The average molecular weight is 552 g/mol. The summed E-state index contributed by atoms with van der Waals surface area (Å²) in [5, 5.41) is -0.202. The number of rotatable bonds is 6. The maximum atomic E-state index is 14.5. The number of nitrogens with zero attached hydrogens (tertiary/aromatic N) is 5. The van der Waals surface area contributed by atoms with E-state index in [9.17, 15) is 13.6 Å². The molecular formula is C30H32ClF2N5O. The molecule has 39 heavy (non-hydrogen) atoms. The fourth-order valence-corrected chi connectivity index (χ4v) is 6.29. The number of carbonyl (C=O) groups is 1. The molecule has 6 rings (SSSR count). The van der Waals surface area contributed by atoms with E-state index >= 15 is 0 Å². The standard InChI is InChI=1S/C30H32ClF2N5O/c31-28-23(24(32)11-12-25(28)33)19-37-15-4-6-26-29(37)35-27(17-34-26)20-7-9-21(10-8-20)30(39)38-16-3-5-22(38)18-36-13-1-2-14-36/h7-12,17,22H,1-6,13-16,18-19H2/t22-/m0/s1. The minimum atomic E-state index is -0.643. The van der Waals surface area contributed by atoms with Crippen molar-refractivity contribution in [2.75, 3.05) is 37.6 Å². The van der Waals surface area contributed by atoms with E-state index in [-0.39, 0.29) is 29.1 Å². The highest BCUT2D eigenvalue weighted by Gasteiger charge is 2.31. The molecule has 1 atom stereocenters. The summed E-state index contributed by atoms with van der Waals surface area (Å²) >= 11 is 6.10. The third kappa shape index (κ3) is 5.37. The van der Waals surface area contributed by atoms with Crippen molar-refractivity contribution in [1.82, 2.24) is 19.8 Å². The molecule has 3 aliphatic rings. The lowest BCUT2D eigenvalue weighted by Gasteiger charge is -2.30. The normalized spacial score (nSPS) is 19.5. The molecule has 1 aromatic heterocycles. The maximum absolute atomic E-state index is 14.5. The highest BCUT2D eigenvalue weighted by molar-refractivity contribution is 6.31. The molecule has 0 saturated carbocycles. The van der Waals surface area contributed by atoms with Crippen LogP contribution in [-0.2, 0) is 13.0 Å². The lowest BCUT2D eigenvalue weighted by Crippen LogP contribution is -2.42. The van der Waals surface area contributed by atoms with Crippen LogP contribution in [-0.4, -0.2) is 64.4 Å². The number of aryl methyl sites for hydroxylation is 1. The Morgan fingerprint density at radius 3 is 2.51 bits per heavy atom. The third-order valence-electron chi connectivity index (χ3n) is 8.19. The summed E-state index contributed by atoms with van der Waals surface area (Å²) in [6.07, 6.45) is 7.95. The van der Waals surface area contributed by atoms with E-state index in [0.717, 1.165) is 75.3 Å². The summed E-state index contributed by atoms with van der Waals surface area (Å²) in [6, 6.07) is 9.96. The van der Waals surface area contributed by atoms with Crippen LogP contribution in [0.15, 0.2) is 42.6 Å². The molecule has 2 fully saturated rings. The first-order valence-corrected chi connectivity index (χ1v) is 14.2. The summed E-state index contributed by atoms with van der Waals surface area (Å²) in [5.74, 6) is -0.449. The Labute approximate surface area is 232 Å². The van der Waals surface area contributed by atoms with Crippen molar-refractivity contribution in [2.45, 2.75) is 51.1 Å². The maximum Gasteiger partial charge on any atom is 0.254 e. The smallest absolute Gasteiger partial charge is 0.254 e. The van der Waals surface area contributed by atoms with Crippen molar-refractivity contribution in [3.63, 3.8) is 0 Å². The quantitative estimate of drug-likeness (QED) is 0.366. The first kappa shape index (κ1) is 26.1. The van der Waals surface area contributed by atoms with Gasteiger partial charge in [0.15, 0.2) is 5.82 Å². The molecule has 6 nitrogen and oxygen atoms in total. The van der Waals surface area contributed by atoms with E-state index in [4.69, 9.17) is 16.6 Å². The van der Waals surface area contributed by atoms with Crippen LogP contribution >= 0.6 is 11.6 Å². The largest absolute Gasteiger partial charge is 0.351 e. The van der Waals surface area contributed by atoms with Gasteiger partial charge >= 0.3 is 0 Å². The topological polar surface area (TPSA) is 52.6 Å². The Morgan fingerprint density at radius 2 is 1.72 bits per heavy atom. The Morgan fingerprint density at radius 1 is 0.949 bits per heavy atom. The molecule has 0 spiro atoms. The lowest BCUT2D eigenvalue weighted by molar-refractivity contribution is 0.0709. The van der Waals surface area contributed by atoms with E-state index in [1.165, 1.54) is 12.8 Å². The molecule has 2 saturated heterocycles. The highest BCUT2D eigenvalue weighted by atomic mass is 35.5. The van der Waals surface area contributed by atoms with Crippen LogP contribution in [0.25, 0.3) is 11.3 Å². The SMILES string of the molecule is O=C(c1ccc(-c2cnc3c(n2)N(Cc2c(F)ccc(F)c2Cl)CCC3)cc1)N1CCC[C@H]1CN1CCCC1. The van der Waals surface area contributed by atoms with E-state index in [1.807, 2.05) is 34.1 Å². The number of aromatic nitrogens is 2. The highest BCUT2D eigenvalue weighted by Crippen LogP contribution is 2.31. The van der Waals surface area contributed by atoms with Crippen molar-refractivity contribution in [1.29, 1.82) is 0 Å². The molecule has 0 radical (unpaired) electrons. The molecule has 9 heteroatoms. The molecule has 3 aromatic rings. The summed E-state index contributed by atoms with van der Waals surface area (Å²) < 4.78 is 28.5. The van der Waals surface area contributed by atoms with Crippen LogP contribution in [0.2, 0.25) is 5.02 Å². The van der Waals surface area contributed by atoms with Gasteiger partial charge in [-0.3, -0.25) is 9.78 Å². The molecule has 204 valence electrons. The van der Waals surface area contributed by atoms with E-state index in [0.29, 0.717) is 23.6 Å². The number of benzene rings is 2. The fraction of sp³-hybridized carbons (Fsp3) is 0.433. The van der Waals surface area contributed by atoms with Gasteiger partial charge in [-0.1, -0.05) is 23.7 Å². The Kier molecular flexibility index (Phi) is 7.49. The van der Waals surface area contributed by atoms with Crippen molar-refractivity contribution in [2.24, 2.45) is 0 Å². The third-order valence-corrected chi connectivity index (χ3v) is 8.60. The Hall–Kier alpha value is -3.10. The number of anilines is 1. The lowest BCUT2D eigenvalue weighted by atomic mass is 10.1. The molecule has 0 aliphatic carbocycles. The molecule has 0 bridgehead atoms.